The molecular formula is C42H40N4O16. The van der Waals surface area contributed by atoms with Crippen LogP contribution in [0.4, 0.5) is 0 Å². The molecule has 2 saturated heterocycles. The average Bonchev–Trinajstić information content (AvgIpc) is 3.99. The van der Waals surface area contributed by atoms with Gasteiger partial charge >= 0.3 is 11.9 Å². The summed E-state index contributed by atoms with van der Waals surface area (Å²) in [6.45, 7) is -1.48. The standard InChI is InChI=1S/C42H40N4O16/c47-13-27-31(49)33(51)35(53)39(61-27)45-21-7-3-1-5-15(21)17-9-25(41(57)58)43-23(29(17)45)11-19(37(43)55)20-12-24-30-18(10-26(42(59)60)44(24)38(20)56)16-6-2-4-8-22(16)46(30)40-36(54)34(52)32(50)28(14-48)62-40/h1-8,11-12,25-28,31-36,39-40,47-54H,9-10,13-14H2,(H,57,58)(H,59,60)/b20-19+/t25-,26-,27+,28+,31+,32+,33-,34-,35+,36+,39+,40+/m0/s1. The molecule has 20 nitrogen and oxygen atoms in total. The van der Waals surface area contributed by atoms with Gasteiger partial charge in [-0.05, 0) is 35.4 Å². The van der Waals surface area contributed by atoms with Crippen LogP contribution in [0.2, 0.25) is 0 Å². The number of amides is 2. The molecule has 2 aromatic heterocycles. The molecule has 12 atom stereocenters. The van der Waals surface area contributed by atoms with E-state index in [2.05, 4.69) is 0 Å². The van der Waals surface area contributed by atoms with Crippen molar-refractivity contribution < 1.29 is 79.7 Å². The van der Waals surface area contributed by atoms with Crippen molar-refractivity contribution in [3.05, 3.63) is 94.3 Å². The molecule has 0 bridgehead atoms. The van der Waals surface area contributed by atoms with E-state index in [1.165, 1.54) is 21.3 Å². The Morgan fingerprint density at radius 1 is 0.565 bits per heavy atom. The Labute approximate surface area is 348 Å². The lowest BCUT2D eigenvalue weighted by Gasteiger charge is -2.42. The van der Waals surface area contributed by atoms with Gasteiger partial charge in [-0.15, -0.1) is 0 Å². The first-order valence-corrected chi connectivity index (χ1v) is 19.9. The van der Waals surface area contributed by atoms with Crippen molar-refractivity contribution in [3.63, 3.8) is 0 Å². The summed E-state index contributed by atoms with van der Waals surface area (Å²) in [5.74, 6) is -4.63. The predicted octanol–water partition coefficient (Wildman–Crippen LogP) is -2.08. The first-order valence-electron chi connectivity index (χ1n) is 19.9. The predicted molar refractivity (Wildman–Crippen MR) is 209 cm³/mol. The van der Waals surface area contributed by atoms with Gasteiger partial charge in [-0.1, -0.05) is 36.4 Å². The van der Waals surface area contributed by atoms with E-state index in [0.717, 1.165) is 9.80 Å². The van der Waals surface area contributed by atoms with E-state index in [1.807, 2.05) is 0 Å². The SMILES string of the molecule is O=C(O)[C@@H]1Cc2c(n([C@@H]3O[C@H](CO)[C@@H](O)[C@H](O)[C@H]3O)c3ccccc23)C2=C/C(=C3/C=C4c5c(c6ccccc6n5[C@@H]5O[C@H](CO)[C@@H](O)[C@H](O)[C@H]5O)C[C@@H](C(=O)O)N4C3=O)C(=O)N21. The zero-order chi connectivity index (χ0) is 43.8. The monoisotopic (exact) mass is 856 g/mol. The third-order valence-electron chi connectivity index (χ3n) is 13.0. The molecule has 62 heavy (non-hydrogen) atoms. The molecule has 20 heteroatoms. The number of nitrogens with zero attached hydrogens (tertiary/aromatic N) is 4. The Kier molecular flexibility index (Phi) is 9.35. The number of carboxylic acid groups (broad SMARTS) is 2. The first kappa shape index (κ1) is 40.3. The smallest absolute Gasteiger partial charge is 0.327 e. The summed E-state index contributed by atoms with van der Waals surface area (Å²) in [4.78, 5) is 57.5. The maximum Gasteiger partial charge on any atom is 0.327 e. The van der Waals surface area contributed by atoms with Crippen LogP contribution in [-0.4, -0.2) is 168 Å². The molecule has 2 fully saturated rings. The lowest BCUT2D eigenvalue weighted by Crippen LogP contribution is -2.56. The van der Waals surface area contributed by atoms with E-state index in [0.29, 0.717) is 32.9 Å². The molecule has 2 aromatic carbocycles. The second kappa shape index (κ2) is 14.4. The van der Waals surface area contributed by atoms with E-state index in [9.17, 15) is 70.2 Å². The minimum atomic E-state index is -1.79. The Hall–Kier alpha value is -5.78. The Morgan fingerprint density at radius 3 is 1.29 bits per heavy atom. The van der Waals surface area contributed by atoms with Crippen molar-refractivity contribution in [2.45, 2.75) is 86.2 Å². The Morgan fingerprint density at radius 2 is 0.935 bits per heavy atom. The normalized spacial score (nSPS) is 34.3. The molecule has 0 spiro atoms. The van der Waals surface area contributed by atoms with Crippen LogP contribution in [0.3, 0.4) is 0 Å². The third-order valence-corrected chi connectivity index (χ3v) is 13.0. The van der Waals surface area contributed by atoms with Crippen LogP contribution in [0.1, 0.15) is 35.0 Å². The fourth-order valence-corrected chi connectivity index (χ4v) is 10.1. The highest BCUT2D eigenvalue weighted by Gasteiger charge is 2.53. The molecule has 0 aliphatic carbocycles. The molecule has 324 valence electrons. The number of para-hydroxylation sites is 2. The van der Waals surface area contributed by atoms with E-state index < -0.39 is 110 Å². The number of benzene rings is 2. The Bertz CT molecular complexity index is 2530. The number of aliphatic hydroxyl groups is 8. The molecule has 8 heterocycles. The second-order valence-electron chi connectivity index (χ2n) is 16.2. The van der Waals surface area contributed by atoms with Crippen LogP contribution in [0.5, 0.6) is 0 Å². The van der Waals surface area contributed by atoms with E-state index >= 15 is 0 Å². The van der Waals surface area contributed by atoms with E-state index in [1.54, 1.807) is 48.5 Å². The molecule has 6 aliphatic rings. The van der Waals surface area contributed by atoms with Crippen LogP contribution >= 0.6 is 0 Å². The molecule has 6 aliphatic heterocycles. The summed E-state index contributed by atoms with van der Waals surface area (Å²) in [5, 5.41) is 108. The average molecular weight is 857 g/mol. The number of rotatable bonds is 6. The summed E-state index contributed by atoms with van der Waals surface area (Å²) >= 11 is 0. The fraction of sp³-hybridized carbons (Fsp3) is 0.381. The number of carbonyl (C=O) groups is 4. The minimum Gasteiger partial charge on any atom is -0.480 e. The highest BCUT2D eigenvalue weighted by atomic mass is 16.6. The number of aromatic nitrogens is 2. The van der Waals surface area contributed by atoms with Gasteiger partial charge in [-0.2, -0.15) is 0 Å². The molecule has 0 radical (unpaired) electrons. The van der Waals surface area contributed by atoms with Crippen LogP contribution < -0.4 is 0 Å². The second-order valence-corrected chi connectivity index (χ2v) is 16.2. The third kappa shape index (κ3) is 5.43. The van der Waals surface area contributed by atoms with Gasteiger partial charge in [0.25, 0.3) is 11.8 Å². The summed E-state index contributed by atoms with van der Waals surface area (Å²) < 4.78 is 14.9. The van der Waals surface area contributed by atoms with Crippen molar-refractivity contribution in [3.8, 4) is 0 Å². The number of carbonyl (C=O) groups excluding carboxylic acids is 2. The van der Waals surface area contributed by atoms with Gasteiger partial charge in [0.2, 0.25) is 0 Å². The number of hydrogen-bond acceptors (Lipinski definition) is 14. The largest absolute Gasteiger partial charge is 0.480 e. The van der Waals surface area contributed by atoms with Gasteiger partial charge in [0, 0.05) is 23.6 Å². The zero-order valence-electron chi connectivity index (χ0n) is 32.2. The van der Waals surface area contributed by atoms with Crippen molar-refractivity contribution >= 4 is 57.0 Å². The van der Waals surface area contributed by atoms with Crippen LogP contribution in [-0.2, 0) is 41.5 Å². The van der Waals surface area contributed by atoms with Crippen LogP contribution in [0.15, 0.2) is 71.8 Å². The van der Waals surface area contributed by atoms with E-state index in [-0.39, 0.29) is 46.8 Å². The van der Waals surface area contributed by atoms with Gasteiger partial charge in [0.05, 0.1) is 58.2 Å². The van der Waals surface area contributed by atoms with Crippen molar-refractivity contribution in [1.29, 1.82) is 0 Å². The number of carboxylic acids is 2. The van der Waals surface area contributed by atoms with Crippen LogP contribution in [0.25, 0.3) is 33.2 Å². The topological polar surface area (TPSA) is 305 Å². The minimum absolute atomic E-state index is 0.0266. The molecule has 4 aromatic rings. The lowest BCUT2D eigenvalue weighted by molar-refractivity contribution is -0.250. The molecule has 0 saturated carbocycles. The first-order chi connectivity index (χ1) is 29.7. The molecule has 10 rings (SSSR count). The number of hydrogen-bond donors (Lipinski definition) is 10. The molecular weight excluding hydrogens is 816 g/mol. The lowest BCUT2D eigenvalue weighted by atomic mass is 9.95. The molecule has 0 unspecified atom stereocenters. The maximum atomic E-state index is 14.8. The highest BCUT2D eigenvalue weighted by molar-refractivity contribution is 6.20. The van der Waals surface area contributed by atoms with Gasteiger partial charge in [0.15, 0.2) is 12.5 Å². The molecule has 2 amide bonds. The number of fused-ring (bicyclic) bond motifs is 10. The van der Waals surface area contributed by atoms with Gasteiger partial charge in [-0.25, -0.2) is 9.59 Å². The van der Waals surface area contributed by atoms with Crippen molar-refractivity contribution in [2.24, 2.45) is 0 Å². The van der Waals surface area contributed by atoms with Crippen molar-refractivity contribution in [1.82, 2.24) is 18.9 Å². The van der Waals surface area contributed by atoms with Crippen molar-refractivity contribution in [2.75, 3.05) is 13.2 Å². The Balaban J connectivity index is 1.20. The van der Waals surface area contributed by atoms with Gasteiger partial charge in [0.1, 0.15) is 60.9 Å². The fourth-order valence-electron chi connectivity index (χ4n) is 10.1. The zero-order valence-corrected chi connectivity index (χ0v) is 32.2. The number of aliphatic carboxylic acids is 2. The van der Waals surface area contributed by atoms with E-state index in [4.69, 9.17) is 9.47 Å². The summed E-state index contributed by atoms with van der Waals surface area (Å²) in [6.07, 6.45) is -14.1. The summed E-state index contributed by atoms with van der Waals surface area (Å²) in [5.41, 5.74) is 1.30. The van der Waals surface area contributed by atoms with Crippen LogP contribution in [0, 0.1) is 0 Å². The number of ether oxygens (including phenoxy) is 2. The van der Waals surface area contributed by atoms with Gasteiger partial charge in [-0.3, -0.25) is 19.4 Å². The molecule has 10 N–H and O–H groups in total. The highest BCUT2D eigenvalue weighted by Crippen LogP contribution is 2.50. The number of aliphatic hydroxyl groups excluding tert-OH is 8. The quantitative estimate of drug-likeness (QED) is 0.0932. The maximum absolute atomic E-state index is 14.8. The summed E-state index contributed by atoms with van der Waals surface area (Å²) in [6, 6.07) is 10.4. The summed E-state index contributed by atoms with van der Waals surface area (Å²) in [7, 11) is 0. The van der Waals surface area contributed by atoms with Gasteiger partial charge < -0.3 is 69.7 Å².